The van der Waals surface area contributed by atoms with Crippen molar-refractivity contribution in [1.29, 1.82) is 0 Å². The van der Waals surface area contributed by atoms with Gasteiger partial charge < -0.3 is 5.11 Å². The fraction of sp³-hybridized carbons (Fsp3) is 0.100. The highest BCUT2D eigenvalue weighted by Gasteiger charge is 2.13. The Morgan fingerprint density at radius 2 is 1.52 bits per heavy atom. The molecule has 0 fully saturated rings. The van der Waals surface area contributed by atoms with Crippen molar-refractivity contribution in [2.75, 3.05) is 0 Å². The second-order valence-electron chi connectivity index (χ2n) is 5.53. The molecule has 0 saturated heterocycles. The van der Waals surface area contributed by atoms with Gasteiger partial charge in [-0.05, 0) is 60.4 Å². The molecule has 0 aromatic heterocycles. The van der Waals surface area contributed by atoms with Crippen LogP contribution in [-0.4, -0.2) is 5.11 Å². The Balaban J connectivity index is 1.77. The largest absolute Gasteiger partial charge is 0.505 e. The van der Waals surface area contributed by atoms with E-state index in [0.29, 0.717) is 23.4 Å². The second-order valence-corrected chi connectivity index (χ2v) is 7.08. The molecule has 0 aliphatic carbocycles. The van der Waals surface area contributed by atoms with Crippen molar-refractivity contribution in [2.24, 2.45) is 0 Å². The van der Waals surface area contributed by atoms with Crippen molar-refractivity contribution in [3.63, 3.8) is 0 Å². The summed E-state index contributed by atoms with van der Waals surface area (Å²) in [6, 6.07) is 17.9. The summed E-state index contributed by atoms with van der Waals surface area (Å²) in [4.78, 5) is 2.14. The molecule has 128 valence electrons. The topological polar surface area (TPSA) is 20.2 Å². The molecule has 0 unspecified atom stereocenters. The van der Waals surface area contributed by atoms with E-state index in [4.69, 9.17) is 11.6 Å². The Hall–Kier alpha value is -2.04. The van der Waals surface area contributed by atoms with Gasteiger partial charge in [-0.2, -0.15) is 4.39 Å². The van der Waals surface area contributed by atoms with Gasteiger partial charge in [0.25, 0.3) is 0 Å². The van der Waals surface area contributed by atoms with Gasteiger partial charge in [0.2, 0.25) is 5.82 Å². The lowest BCUT2D eigenvalue weighted by Crippen LogP contribution is -1.96. The molecule has 0 aliphatic rings. The van der Waals surface area contributed by atoms with Crippen molar-refractivity contribution in [1.82, 2.24) is 0 Å². The van der Waals surface area contributed by atoms with Gasteiger partial charge in [0, 0.05) is 14.8 Å². The molecule has 1 N–H and O–H groups in total. The molecule has 0 heterocycles. The van der Waals surface area contributed by atoms with Gasteiger partial charge in [-0.3, -0.25) is 0 Å². The predicted molar refractivity (Wildman–Crippen MR) is 97.4 cm³/mol. The van der Waals surface area contributed by atoms with Crippen molar-refractivity contribution in [2.45, 2.75) is 22.6 Å². The molecule has 1 nitrogen and oxygen atoms in total. The average Bonchev–Trinajstić information content (AvgIpc) is 2.62. The van der Waals surface area contributed by atoms with E-state index >= 15 is 0 Å². The third-order valence-corrected chi connectivity index (χ3v) is 5.21. The minimum Gasteiger partial charge on any atom is -0.505 e. The number of hydrogen-bond acceptors (Lipinski definition) is 2. The van der Waals surface area contributed by atoms with Gasteiger partial charge in [0.15, 0.2) is 11.6 Å². The lowest BCUT2D eigenvalue weighted by molar-refractivity contribution is 0.401. The number of aromatic hydroxyl groups is 1. The molecule has 3 aromatic rings. The zero-order chi connectivity index (χ0) is 17.8. The van der Waals surface area contributed by atoms with E-state index in [2.05, 4.69) is 0 Å². The van der Waals surface area contributed by atoms with E-state index < -0.39 is 17.4 Å². The van der Waals surface area contributed by atoms with Crippen LogP contribution in [0.1, 0.15) is 11.1 Å². The predicted octanol–water partition coefficient (Wildman–Crippen LogP) is 6.26. The Morgan fingerprint density at radius 3 is 2.28 bits per heavy atom. The summed E-state index contributed by atoms with van der Waals surface area (Å²) in [5, 5.41) is 10.4. The van der Waals surface area contributed by atoms with Crippen molar-refractivity contribution >= 4 is 23.4 Å². The number of benzene rings is 3. The Kier molecular flexibility index (Phi) is 5.61. The van der Waals surface area contributed by atoms with Crippen LogP contribution in [0.2, 0.25) is 5.02 Å². The van der Waals surface area contributed by atoms with Crippen LogP contribution in [0.25, 0.3) is 0 Å². The zero-order valence-corrected chi connectivity index (χ0v) is 14.7. The molecule has 0 bridgehead atoms. The molecule has 3 rings (SSSR count). The first kappa shape index (κ1) is 17.8. The molecule has 3 aromatic carbocycles. The molecule has 0 amide bonds. The first-order valence-electron chi connectivity index (χ1n) is 7.72. The van der Waals surface area contributed by atoms with E-state index in [0.717, 1.165) is 21.4 Å². The number of halogens is 3. The van der Waals surface area contributed by atoms with Crippen molar-refractivity contribution in [3.05, 3.63) is 88.4 Å². The third kappa shape index (κ3) is 4.33. The summed E-state index contributed by atoms with van der Waals surface area (Å²) in [5.74, 6) is -2.84. The lowest BCUT2D eigenvalue weighted by atomic mass is 10.0. The highest BCUT2D eigenvalue weighted by atomic mass is 35.5. The summed E-state index contributed by atoms with van der Waals surface area (Å²) in [6.07, 6.45) is 1.02. The highest BCUT2D eigenvalue weighted by Crippen LogP contribution is 2.32. The van der Waals surface area contributed by atoms with Crippen LogP contribution < -0.4 is 0 Å². The fourth-order valence-corrected chi connectivity index (χ4v) is 3.59. The van der Waals surface area contributed by atoms with Gasteiger partial charge in [-0.1, -0.05) is 47.6 Å². The first-order chi connectivity index (χ1) is 12.0. The quantitative estimate of drug-likeness (QED) is 0.567. The van der Waals surface area contributed by atoms with E-state index in [1.807, 2.05) is 48.5 Å². The molecule has 25 heavy (non-hydrogen) atoms. The summed E-state index contributed by atoms with van der Waals surface area (Å²) in [6.45, 7) is 0. The molecular weight excluding hydrogens is 362 g/mol. The molecule has 0 spiro atoms. The second kappa shape index (κ2) is 7.89. The van der Waals surface area contributed by atoms with E-state index in [1.165, 1.54) is 6.07 Å². The number of aryl methyl sites for hydroxylation is 2. The molecule has 0 atom stereocenters. The van der Waals surface area contributed by atoms with Crippen LogP contribution in [0.5, 0.6) is 5.75 Å². The Labute approximate surface area is 154 Å². The van der Waals surface area contributed by atoms with Gasteiger partial charge in [0.1, 0.15) is 0 Å². The summed E-state index contributed by atoms with van der Waals surface area (Å²) in [5.41, 5.74) is 1.47. The molecule has 0 aliphatic heterocycles. The summed E-state index contributed by atoms with van der Waals surface area (Å²) in [7, 11) is 0. The fourth-order valence-electron chi connectivity index (χ4n) is 2.49. The maximum absolute atomic E-state index is 13.5. The van der Waals surface area contributed by atoms with E-state index in [1.54, 1.807) is 11.8 Å². The number of phenolic OH excluding ortho intramolecular Hbond substituents is 1. The number of hydrogen-bond donors (Lipinski definition) is 1. The number of phenols is 1. The van der Waals surface area contributed by atoms with Crippen LogP contribution in [-0.2, 0) is 12.8 Å². The minimum absolute atomic E-state index is 0.394. The number of rotatable bonds is 5. The lowest BCUT2D eigenvalue weighted by Gasteiger charge is -2.10. The van der Waals surface area contributed by atoms with Gasteiger partial charge in [0.05, 0.1) is 0 Å². The van der Waals surface area contributed by atoms with Gasteiger partial charge >= 0.3 is 0 Å². The standard InChI is InChI=1S/C20H15ClF2OS/c21-15-8-10-16(11-9-15)25-18-4-2-1-3-13(18)5-6-14-7-12-17(22)19(23)20(14)24/h1-4,7-12,24H,5-6H2. The molecule has 0 saturated carbocycles. The van der Waals surface area contributed by atoms with Crippen LogP contribution in [0.3, 0.4) is 0 Å². The summed E-state index contributed by atoms with van der Waals surface area (Å²) >= 11 is 7.52. The zero-order valence-electron chi connectivity index (χ0n) is 13.2. The molecule has 5 heteroatoms. The smallest absolute Gasteiger partial charge is 0.200 e. The minimum atomic E-state index is -1.19. The van der Waals surface area contributed by atoms with Gasteiger partial charge in [-0.15, -0.1) is 0 Å². The SMILES string of the molecule is Oc1c(CCc2ccccc2Sc2ccc(Cl)cc2)ccc(F)c1F. The van der Waals surface area contributed by atoms with Gasteiger partial charge in [-0.25, -0.2) is 4.39 Å². The maximum atomic E-state index is 13.5. The maximum Gasteiger partial charge on any atom is 0.200 e. The van der Waals surface area contributed by atoms with Crippen molar-refractivity contribution < 1.29 is 13.9 Å². The summed E-state index contributed by atoms with van der Waals surface area (Å²) < 4.78 is 26.6. The van der Waals surface area contributed by atoms with E-state index in [9.17, 15) is 13.9 Å². The molecule has 0 radical (unpaired) electrons. The normalized spacial score (nSPS) is 10.8. The Morgan fingerprint density at radius 1 is 0.840 bits per heavy atom. The van der Waals surface area contributed by atoms with E-state index in [-0.39, 0.29) is 0 Å². The Bertz CT molecular complexity index is 881. The average molecular weight is 377 g/mol. The molecular formula is C20H15ClF2OS. The van der Waals surface area contributed by atoms with Crippen molar-refractivity contribution in [3.8, 4) is 5.75 Å². The van der Waals surface area contributed by atoms with Crippen LogP contribution in [0, 0.1) is 11.6 Å². The highest BCUT2D eigenvalue weighted by molar-refractivity contribution is 7.99. The monoisotopic (exact) mass is 376 g/mol. The van der Waals surface area contributed by atoms with Crippen LogP contribution >= 0.6 is 23.4 Å². The van der Waals surface area contributed by atoms with Crippen LogP contribution in [0.15, 0.2) is 70.5 Å². The third-order valence-electron chi connectivity index (χ3n) is 3.83. The first-order valence-corrected chi connectivity index (χ1v) is 8.91. The van der Waals surface area contributed by atoms with Crippen LogP contribution in [0.4, 0.5) is 8.78 Å².